The standard InChI is InChI=1S/C13H10ClN3O2S.B2/c1-9-2-4-10(5-3-9)20(18,19)17-7-6-11-12(14)15-8-16-13(11)17;1-2/h2-8H,1H3;/q;-1. The van der Waals surface area contributed by atoms with Gasteiger partial charge in [0, 0.05) is 6.20 Å². The van der Waals surface area contributed by atoms with Crippen molar-refractivity contribution < 1.29 is 8.42 Å². The molecule has 0 N–H and O–H groups in total. The second kappa shape index (κ2) is 6.54. The van der Waals surface area contributed by atoms with E-state index >= 15 is 0 Å². The van der Waals surface area contributed by atoms with Gasteiger partial charge in [-0.25, -0.2) is 22.4 Å². The largest absolute Gasteiger partial charge is 0.693 e. The lowest BCUT2D eigenvalue weighted by molar-refractivity contribution is 0.588. The molecule has 2 heterocycles. The third-order valence-corrected chi connectivity index (χ3v) is 4.96. The summed E-state index contributed by atoms with van der Waals surface area (Å²) in [6.07, 6.45) is 2.67. The van der Waals surface area contributed by atoms with E-state index in [1.165, 1.54) is 12.5 Å². The van der Waals surface area contributed by atoms with E-state index in [1.54, 1.807) is 30.3 Å². The average Bonchev–Trinajstić information content (AvgIpc) is 2.96. The number of aryl methyl sites for hydroxylation is 1. The predicted molar refractivity (Wildman–Crippen MR) is 87.8 cm³/mol. The number of aromatic nitrogens is 3. The van der Waals surface area contributed by atoms with Crippen LogP contribution >= 0.6 is 11.6 Å². The van der Waals surface area contributed by atoms with Crippen molar-refractivity contribution in [3.8, 4) is 0 Å². The zero-order valence-electron chi connectivity index (χ0n) is 11.6. The highest BCUT2D eigenvalue weighted by atomic mass is 35.5. The lowest BCUT2D eigenvalue weighted by Gasteiger charge is -2.07. The Morgan fingerprint density at radius 1 is 1.14 bits per heavy atom. The first-order chi connectivity index (χ1) is 10.5. The molecule has 0 aliphatic rings. The molecule has 0 fully saturated rings. The van der Waals surface area contributed by atoms with Crippen LogP contribution in [0.4, 0.5) is 0 Å². The van der Waals surface area contributed by atoms with Gasteiger partial charge in [-0.15, -0.1) is 0 Å². The summed E-state index contributed by atoms with van der Waals surface area (Å²) in [5.74, 6) is 0. The van der Waals surface area contributed by atoms with Crippen LogP contribution in [0.1, 0.15) is 5.56 Å². The number of rotatable bonds is 2. The topological polar surface area (TPSA) is 64.8 Å². The van der Waals surface area contributed by atoms with Crippen LogP contribution in [0.5, 0.6) is 0 Å². The van der Waals surface area contributed by atoms with Gasteiger partial charge in [-0.1, -0.05) is 29.3 Å². The van der Waals surface area contributed by atoms with Crippen LogP contribution in [0.25, 0.3) is 11.0 Å². The minimum atomic E-state index is -3.69. The monoisotopic (exact) mass is 329 g/mol. The minimum Gasteiger partial charge on any atom is -0.693 e. The van der Waals surface area contributed by atoms with Crippen molar-refractivity contribution in [1.82, 2.24) is 13.9 Å². The van der Waals surface area contributed by atoms with E-state index in [9.17, 15) is 8.42 Å². The fourth-order valence-corrected chi connectivity index (χ4v) is 3.41. The summed E-state index contributed by atoms with van der Waals surface area (Å²) in [5, 5.41) is 0.734. The second-order valence-electron chi connectivity index (χ2n) is 4.33. The van der Waals surface area contributed by atoms with Gasteiger partial charge >= 0.3 is 0 Å². The van der Waals surface area contributed by atoms with Gasteiger partial charge in [-0.05, 0) is 25.1 Å². The lowest BCUT2D eigenvalue weighted by Crippen LogP contribution is -2.12. The molecule has 0 bridgehead atoms. The Kier molecular flexibility index (Phi) is 4.93. The molecule has 0 amide bonds. The van der Waals surface area contributed by atoms with Gasteiger partial charge < -0.3 is 15.5 Å². The van der Waals surface area contributed by atoms with E-state index < -0.39 is 10.0 Å². The van der Waals surface area contributed by atoms with Gasteiger partial charge in [-0.2, -0.15) is 0 Å². The van der Waals surface area contributed by atoms with Crippen LogP contribution < -0.4 is 0 Å². The second-order valence-corrected chi connectivity index (χ2v) is 6.50. The summed E-state index contributed by atoms with van der Waals surface area (Å²) in [4.78, 5) is 8.04. The average molecular weight is 329 g/mol. The third-order valence-electron chi connectivity index (χ3n) is 2.98. The Hall–Kier alpha value is -1.79. The summed E-state index contributed by atoms with van der Waals surface area (Å²) in [5.41, 5.74) is 1.26. The fraction of sp³-hybridized carbons (Fsp3) is 0.0769. The molecule has 0 aliphatic carbocycles. The number of hydrogen-bond acceptors (Lipinski definition) is 4. The first-order valence-electron chi connectivity index (χ1n) is 6.13. The number of nitrogens with zero attached hydrogens (tertiary/aromatic N) is 3. The quantitative estimate of drug-likeness (QED) is 0.532. The van der Waals surface area contributed by atoms with Crippen molar-refractivity contribution >= 4 is 48.1 Å². The first-order valence-corrected chi connectivity index (χ1v) is 7.95. The van der Waals surface area contributed by atoms with Gasteiger partial charge in [0.25, 0.3) is 10.0 Å². The molecule has 3 aromatic rings. The molecule has 0 atom stereocenters. The van der Waals surface area contributed by atoms with Crippen LogP contribution in [0.2, 0.25) is 5.15 Å². The maximum atomic E-state index is 12.6. The molecule has 5 nitrogen and oxygen atoms in total. The molecule has 2 aromatic heterocycles. The maximum Gasteiger partial charge on any atom is 0.269 e. The molecule has 3 rings (SSSR count). The Balaban J connectivity index is 0.000000847. The number of halogens is 1. The Morgan fingerprint density at radius 2 is 1.77 bits per heavy atom. The number of benzene rings is 1. The van der Waals surface area contributed by atoms with Gasteiger partial charge in [0.1, 0.15) is 11.5 Å². The smallest absolute Gasteiger partial charge is 0.269 e. The van der Waals surface area contributed by atoms with Gasteiger partial charge in [-0.3, -0.25) is 0 Å². The predicted octanol–water partition coefficient (Wildman–Crippen LogP) is 1.87. The molecule has 0 saturated carbocycles. The van der Waals surface area contributed by atoms with Gasteiger partial charge in [0.2, 0.25) is 0 Å². The van der Waals surface area contributed by atoms with Crippen LogP contribution in [-0.4, -0.2) is 37.8 Å². The molecule has 0 spiro atoms. The Morgan fingerprint density at radius 3 is 2.41 bits per heavy atom. The van der Waals surface area contributed by atoms with Crippen molar-refractivity contribution in [2.24, 2.45) is 0 Å². The van der Waals surface area contributed by atoms with E-state index in [0.717, 1.165) is 9.54 Å². The Bertz CT molecular complexity index is 895. The van der Waals surface area contributed by atoms with Crippen molar-refractivity contribution in [3.63, 3.8) is 0 Å². The summed E-state index contributed by atoms with van der Waals surface area (Å²) in [6.45, 7) is 1.90. The number of fused-ring (bicyclic) bond motifs is 1. The molecule has 0 aliphatic heterocycles. The molecule has 109 valence electrons. The summed E-state index contributed by atoms with van der Waals surface area (Å²) in [7, 11) is 4.31. The van der Waals surface area contributed by atoms with Crippen LogP contribution in [0, 0.1) is 6.92 Å². The molecule has 9 heteroatoms. The first kappa shape index (κ1) is 16.6. The van der Waals surface area contributed by atoms with Gasteiger partial charge in [0.05, 0.1) is 10.3 Å². The summed E-state index contributed by atoms with van der Waals surface area (Å²) >= 11 is 5.93. The van der Waals surface area contributed by atoms with E-state index in [-0.39, 0.29) is 15.7 Å². The SMILES string of the molecule is Cc1ccc(S(=O)(=O)n2ccc3c(Cl)ncnc32)cc1.[B][B-]. The summed E-state index contributed by atoms with van der Waals surface area (Å²) in [6, 6.07) is 8.23. The van der Waals surface area contributed by atoms with E-state index in [1.807, 2.05) is 6.92 Å². The van der Waals surface area contributed by atoms with E-state index in [4.69, 9.17) is 11.6 Å². The highest BCUT2D eigenvalue weighted by Crippen LogP contribution is 2.24. The van der Waals surface area contributed by atoms with Crippen molar-refractivity contribution in [2.75, 3.05) is 0 Å². The van der Waals surface area contributed by atoms with Crippen molar-refractivity contribution in [1.29, 1.82) is 0 Å². The lowest BCUT2D eigenvalue weighted by atomic mass is 9.81. The zero-order chi connectivity index (χ0) is 16.3. The molecule has 0 saturated heterocycles. The van der Waals surface area contributed by atoms with Crippen molar-refractivity contribution in [3.05, 3.63) is 53.6 Å². The highest BCUT2D eigenvalue weighted by Gasteiger charge is 2.20. The zero-order valence-corrected chi connectivity index (χ0v) is 13.2. The molecule has 0 unspecified atom stereocenters. The van der Waals surface area contributed by atoms with Crippen molar-refractivity contribution in [2.45, 2.75) is 11.8 Å². The van der Waals surface area contributed by atoms with E-state index in [2.05, 4.69) is 25.4 Å². The van der Waals surface area contributed by atoms with Gasteiger partial charge in [0.15, 0.2) is 5.65 Å². The Labute approximate surface area is 136 Å². The summed E-state index contributed by atoms with van der Waals surface area (Å²) < 4.78 is 26.3. The molecular formula is C13H10B2ClN3O2S-. The minimum absolute atomic E-state index is 0.204. The molecule has 22 heavy (non-hydrogen) atoms. The van der Waals surface area contributed by atoms with Crippen LogP contribution in [0.3, 0.4) is 0 Å². The number of hydrogen-bond donors (Lipinski definition) is 0. The third kappa shape index (κ3) is 2.89. The normalized spacial score (nSPS) is 11.0. The van der Waals surface area contributed by atoms with Crippen LogP contribution in [-0.2, 0) is 10.0 Å². The maximum absolute atomic E-state index is 12.6. The molecular weight excluding hydrogens is 319 g/mol. The fourth-order valence-electron chi connectivity index (χ4n) is 1.92. The highest BCUT2D eigenvalue weighted by molar-refractivity contribution is 7.90. The van der Waals surface area contributed by atoms with E-state index in [0.29, 0.717) is 5.39 Å². The van der Waals surface area contributed by atoms with Crippen LogP contribution in [0.15, 0.2) is 47.8 Å². The molecule has 5 radical (unpaired) electrons. The molecule has 1 aromatic carbocycles.